The van der Waals surface area contributed by atoms with Crippen LogP contribution in [0.25, 0.3) is 0 Å². The van der Waals surface area contributed by atoms with Crippen LogP contribution in [0.3, 0.4) is 0 Å². The maximum Gasteiger partial charge on any atom is 0.256 e. The molecule has 0 radical (unpaired) electrons. The highest BCUT2D eigenvalue weighted by molar-refractivity contribution is 6.36. The van der Waals surface area contributed by atoms with Crippen molar-refractivity contribution in [2.75, 3.05) is 32.2 Å². The minimum atomic E-state index is -0.663. The zero-order chi connectivity index (χ0) is 20.4. The van der Waals surface area contributed by atoms with Gasteiger partial charge in [-0.15, -0.1) is 0 Å². The van der Waals surface area contributed by atoms with Crippen LogP contribution < -0.4 is 14.4 Å². The summed E-state index contributed by atoms with van der Waals surface area (Å²) < 4.78 is 10.7. The number of hydrogen-bond acceptors (Lipinski definition) is 4. The number of ether oxygens (including phenoxy) is 2. The third-order valence-corrected chi connectivity index (χ3v) is 5.30. The van der Waals surface area contributed by atoms with Crippen LogP contribution >= 0.6 is 23.2 Å². The van der Waals surface area contributed by atoms with E-state index in [4.69, 9.17) is 32.7 Å². The number of rotatable bonds is 4. The zero-order valence-corrected chi connectivity index (χ0v) is 17.3. The Balaban J connectivity index is 1.87. The zero-order valence-electron chi connectivity index (χ0n) is 15.7. The van der Waals surface area contributed by atoms with Gasteiger partial charge in [0.05, 0.1) is 30.5 Å². The smallest absolute Gasteiger partial charge is 0.256 e. The lowest BCUT2D eigenvalue weighted by atomic mass is 10.1. The number of anilines is 1. The number of methoxy groups -OCH3 is 2. The van der Waals surface area contributed by atoms with Gasteiger partial charge in [0.25, 0.3) is 5.91 Å². The normalized spacial score (nSPS) is 16.9. The summed E-state index contributed by atoms with van der Waals surface area (Å²) in [6.07, 6.45) is 0. The van der Waals surface area contributed by atoms with E-state index in [-0.39, 0.29) is 16.8 Å². The van der Waals surface area contributed by atoms with Crippen LogP contribution in [0, 0.1) is 0 Å². The van der Waals surface area contributed by atoms with Crippen molar-refractivity contribution in [2.24, 2.45) is 0 Å². The Kier molecular flexibility index (Phi) is 6.01. The third-order valence-electron chi connectivity index (χ3n) is 4.75. The van der Waals surface area contributed by atoms with Gasteiger partial charge in [-0.25, -0.2) is 0 Å². The lowest BCUT2D eigenvalue weighted by Gasteiger charge is -2.39. The Morgan fingerprint density at radius 3 is 2.46 bits per heavy atom. The molecule has 3 rings (SSSR count). The van der Waals surface area contributed by atoms with Gasteiger partial charge in [0.1, 0.15) is 17.5 Å². The number of benzene rings is 2. The van der Waals surface area contributed by atoms with Gasteiger partial charge in [0.2, 0.25) is 5.91 Å². The molecule has 1 fully saturated rings. The van der Waals surface area contributed by atoms with Gasteiger partial charge in [-0.05, 0) is 37.3 Å². The number of nitrogens with zero attached hydrogens (tertiary/aromatic N) is 2. The molecule has 0 aliphatic carbocycles. The lowest BCUT2D eigenvalue weighted by Crippen LogP contribution is -2.57. The maximum absolute atomic E-state index is 13.1. The van der Waals surface area contributed by atoms with Crippen molar-refractivity contribution in [3.05, 3.63) is 52.0 Å². The highest BCUT2D eigenvalue weighted by atomic mass is 35.5. The van der Waals surface area contributed by atoms with Crippen LogP contribution in [-0.4, -0.2) is 50.1 Å². The molecule has 1 heterocycles. The molecule has 2 aromatic carbocycles. The Hall–Kier alpha value is -2.44. The van der Waals surface area contributed by atoms with Crippen LogP contribution in [0.5, 0.6) is 11.5 Å². The molecule has 0 N–H and O–H groups in total. The molecule has 8 heteroatoms. The van der Waals surface area contributed by atoms with E-state index < -0.39 is 6.04 Å². The van der Waals surface area contributed by atoms with Crippen molar-refractivity contribution in [1.82, 2.24) is 4.90 Å². The number of amides is 2. The molecule has 0 bridgehead atoms. The summed E-state index contributed by atoms with van der Waals surface area (Å²) in [6.45, 7) is 2.37. The molecule has 6 nitrogen and oxygen atoms in total. The molecule has 0 unspecified atom stereocenters. The van der Waals surface area contributed by atoms with Crippen LogP contribution in [0.4, 0.5) is 5.69 Å². The van der Waals surface area contributed by atoms with E-state index in [0.29, 0.717) is 40.9 Å². The van der Waals surface area contributed by atoms with Crippen molar-refractivity contribution in [2.45, 2.75) is 13.0 Å². The van der Waals surface area contributed by atoms with Crippen molar-refractivity contribution in [3.8, 4) is 11.5 Å². The minimum Gasteiger partial charge on any atom is -0.497 e. The first-order chi connectivity index (χ1) is 13.4. The fourth-order valence-corrected chi connectivity index (χ4v) is 3.70. The number of hydrogen-bond donors (Lipinski definition) is 0. The van der Waals surface area contributed by atoms with E-state index >= 15 is 0 Å². The fraction of sp³-hybridized carbons (Fsp3) is 0.300. The summed E-state index contributed by atoms with van der Waals surface area (Å²) in [5.41, 5.74) is 0.924. The van der Waals surface area contributed by atoms with Gasteiger partial charge in [-0.3, -0.25) is 9.59 Å². The van der Waals surface area contributed by atoms with Crippen LogP contribution in [0.1, 0.15) is 17.3 Å². The number of carbonyl (C=O) groups is 2. The summed E-state index contributed by atoms with van der Waals surface area (Å²) in [5.74, 6) is 0.653. The molecule has 1 aliphatic rings. The molecule has 1 saturated heterocycles. The topological polar surface area (TPSA) is 59.1 Å². The second-order valence-corrected chi connectivity index (χ2v) is 7.17. The van der Waals surface area contributed by atoms with Gasteiger partial charge in [0, 0.05) is 24.2 Å². The minimum absolute atomic E-state index is 0.212. The average molecular weight is 423 g/mol. The number of piperazine rings is 1. The molecule has 1 atom stereocenters. The molecule has 0 saturated carbocycles. The van der Waals surface area contributed by atoms with Crippen molar-refractivity contribution in [3.63, 3.8) is 0 Å². The summed E-state index contributed by atoms with van der Waals surface area (Å²) in [5, 5.41) is 0.703. The lowest BCUT2D eigenvalue weighted by molar-refractivity contribution is -0.124. The Labute approximate surface area is 173 Å². The maximum atomic E-state index is 13.1. The molecule has 1 aliphatic heterocycles. The standard InChI is InChI=1S/C20H20Cl2N2O4/c1-12-19(25)24(17-11-14(27-2)5-7-18(17)28-3)9-8-23(12)20(26)15-6-4-13(21)10-16(15)22/h4-7,10-12H,8-9H2,1-3H3/t12-/m1/s1. The molecule has 148 valence electrons. The van der Waals surface area contributed by atoms with Gasteiger partial charge in [-0.2, -0.15) is 0 Å². The van der Waals surface area contributed by atoms with Gasteiger partial charge in [0.15, 0.2) is 0 Å². The van der Waals surface area contributed by atoms with Crippen LogP contribution in [0.2, 0.25) is 10.0 Å². The van der Waals surface area contributed by atoms with E-state index in [2.05, 4.69) is 0 Å². The summed E-state index contributed by atoms with van der Waals surface area (Å²) >= 11 is 12.1. The molecule has 2 aromatic rings. The Morgan fingerprint density at radius 1 is 1.07 bits per heavy atom. The molecule has 28 heavy (non-hydrogen) atoms. The largest absolute Gasteiger partial charge is 0.497 e. The highest BCUT2D eigenvalue weighted by Crippen LogP contribution is 2.34. The van der Waals surface area contributed by atoms with E-state index in [1.54, 1.807) is 56.4 Å². The van der Waals surface area contributed by atoms with E-state index in [9.17, 15) is 9.59 Å². The third kappa shape index (κ3) is 3.75. The van der Waals surface area contributed by atoms with E-state index in [0.717, 1.165) is 0 Å². The van der Waals surface area contributed by atoms with Crippen molar-refractivity contribution < 1.29 is 19.1 Å². The Morgan fingerprint density at radius 2 is 1.82 bits per heavy atom. The molecule has 2 amide bonds. The van der Waals surface area contributed by atoms with Crippen molar-refractivity contribution >= 4 is 40.7 Å². The quantitative estimate of drug-likeness (QED) is 0.749. The predicted octanol–water partition coefficient (Wildman–Crippen LogP) is 3.89. The van der Waals surface area contributed by atoms with Gasteiger partial charge >= 0.3 is 0 Å². The molecular formula is C20H20Cl2N2O4. The van der Waals surface area contributed by atoms with E-state index in [1.165, 1.54) is 11.0 Å². The summed E-state index contributed by atoms with van der Waals surface area (Å²) in [7, 11) is 3.10. The van der Waals surface area contributed by atoms with Crippen molar-refractivity contribution in [1.29, 1.82) is 0 Å². The number of halogens is 2. The fourth-order valence-electron chi connectivity index (χ4n) is 3.21. The first-order valence-electron chi connectivity index (χ1n) is 8.66. The molecule has 0 spiro atoms. The van der Waals surface area contributed by atoms with Gasteiger partial charge < -0.3 is 19.3 Å². The van der Waals surface area contributed by atoms with Crippen LogP contribution in [0.15, 0.2) is 36.4 Å². The highest BCUT2D eigenvalue weighted by Gasteiger charge is 2.37. The van der Waals surface area contributed by atoms with Gasteiger partial charge in [-0.1, -0.05) is 23.2 Å². The first-order valence-corrected chi connectivity index (χ1v) is 9.42. The predicted molar refractivity (Wildman–Crippen MR) is 109 cm³/mol. The second kappa shape index (κ2) is 8.29. The van der Waals surface area contributed by atoms with E-state index in [1.807, 2.05) is 0 Å². The number of carbonyl (C=O) groups excluding carboxylic acids is 2. The average Bonchev–Trinajstić information content (AvgIpc) is 2.69. The molecular weight excluding hydrogens is 403 g/mol. The summed E-state index contributed by atoms with van der Waals surface area (Å²) in [4.78, 5) is 29.1. The summed E-state index contributed by atoms with van der Waals surface area (Å²) in [6, 6.07) is 9.28. The first kappa shape index (κ1) is 20.3. The SMILES string of the molecule is COc1ccc(OC)c(N2CCN(C(=O)c3ccc(Cl)cc3Cl)[C@H](C)C2=O)c1. The van der Waals surface area contributed by atoms with Crippen LogP contribution in [-0.2, 0) is 4.79 Å². The second-order valence-electron chi connectivity index (χ2n) is 6.33. The Bertz CT molecular complexity index is 919. The molecule has 0 aromatic heterocycles. The monoisotopic (exact) mass is 422 g/mol.